The van der Waals surface area contributed by atoms with Crippen molar-refractivity contribution in [2.24, 2.45) is 16.0 Å². The van der Waals surface area contributed by atoms with Crippen molar-refractivity contribution in [2.75, 3.05) is 19.8 Å². The van der Waals surface area contributed by atoms with Crippen LogP contribution in [0.1, 0.15) is 19.8 Å². The molecule has 0 aliphatic heterocycles. The Bertz CT molecular complexity index is 595. The van der Waals surface area contributed by atoms with Crippen molar-refractivity contribution in [3.63, 3.8) is 0 Å². The van der Waals surface area contributed by atoms with Gasteiger partial charge in [-0.05, 0) is 55.0 Å². The molecule has 0 saturated carbocycles. The van der Waals surface area contributed by atoms with Gasteiger partial charge in [0.1, 0.15) is 18.1 Å². The van der Waals surface area contributed by atoms with E-state index in [1.807, 2.05) is 48.5 Å². The van der Waals surface area contributed by atoms with Crippen LogP contribution in [0.3, 0.4) is 0 Å². The molecular weight excluding hydrogens is 290 g/mol. The fourth-order valence-corrected chi connectivity index (χ4v) is 1.84. The normalized spacial score (nSPS) is 10.9. The van der Waals surface area contributed by atoms with Gasteiger partial charge in [0.15, 0.2) is 0 Å². The van der Waals surface area contributed by atoms with Gasteiger partial charge in [0.25, 0.3) is 0 Å². The van der Waals surface area contributed by atoms with Crippen molar-refractivity contribution in [3.8, 4) is 11.5 Å². The summed E-state index contributed by atoms with van der Waals surface area (Å²) in [4.78, 5) is 0. The SMILES string of the molecule is CCCCOc1ccc(N=Nc2ccc(OCCN)cc2)cc1. The Hall–Kier alpha value is -2.40. The number of benzene rings is 2. The molecule has 2 N–H and O–H groups in total. The maximum absolute atomic E-state index is 5.61. The molecule has 23 heavy (non-hydrogen) atoms. The molecule has 0 heterocycles. The average Bonchev–Trinajstić information content (AvgIpc) is 2.60. The van der Waals surface area contributed by atoms with Crippen LogP contribution in [-0.2, 0) is 0 Å². The first kappa shape index (κ1) is 17.0. The van der Waals surface area contributed by atoms with Gasteiger partial charge in [-0.25, -0.2) is 0 Å². The maximum Gasteiger partial charge on any atom is 0.119 e. The Morgan fingerprint density at radius 3 is 1.70 bits per heavy atom. The highest BCUT2D eigenvalue weighted by Gasteiger charge is 1.96. The Labute approximate surface area is 137 Å². The fourth-order valence-electron chi connectivity index (χ4n) is 1.84. The Kier molecular flexibility index (Phi) is 7.07. The molecule has 5 heteroatoms. The lowest BCUT2D eigenvalue weighted by Gasteiger charge is -2.04. The summed E-state index contributed by atoms with van der Waals surface area (Å²) in [6, 6.07) is 15.0. The molecule has 0 amide bonds. The molecule has 0 radical (unpaired) electrons. The molecule has 0 aliphatic rings. The van der Waals surface area contributed by atoms with Crippen molar-refractivity contribution < 1.29 is 9.47 Å². The average molecular weight is 313 g/mol. The number of hydrogen-bond acceptors (Lipinski definition) is 5. The zero-order valence-corrected chi connectivity index (χ0v) is 13.4. The van der Waals surface area contributed by atoms with Gasteiger partial charge in [0.05, 0.1) is 18.0 Å². The first-order valence-corrected chi connectivity index (χ1v) is 7.89. The number of nitrogens with two attached hydrogens (primary N) is 1. The molecule has 0 spiro atoms. The van der Waals surface area contributed by atoms with Crippen molar-refractivity contribution in [1.29, 1.82) is 0 Å². The molecule has 122 valence electrons. The number of rotatable bonds is 9. The number of azo groups is 1. The van der Waals surface area contributed by atoms with Crippen LogP contribution in [0.4, 0.5) is 11.4 Å². The van der Waals surface area contributed by atoms with E-state index in [-0.39, 0.29) is 0 Å². The van der Waals surface area contributed by atoms with E-state index in [0.29, 0.717) is 13.2 Å². The summed E-state index contributed by atoms with van der Waals surface area (Å²) in [5.41, 5.74) is 6.96. The summed E-state index contributed by atoms with van der Waals surface area (Å²) in [5.74, 6) is 1.64. The first-order valence-electron chi connectivity index (χ1n) is 7.89. The van der Waals surface area contributed by atoms with Crippen molar-refractivity contribution >= 4 is 11.4 Å². The number of nitrogens with zero attached hydrogens (tertiary/aromatic N) is 2. The van der Waals surface area contributed by atoms with E-state index in [4.69, 9.17) is 15.2 Å². The third-order valence-corrected chi connectivity index (χ3v) is 3.11. The summed E-state index contributed by atoms with van der Waals surface area (Å²) in [5, 5.41) is 8.42. The van der Waals surface area contributed by atoms with Crippen LogP contribution in [-0.4, -0.2) is 19.8 Å². The van der Waals surface area contributed by atoms with Gasteiger partial charge in [0, 0.05) is 6.54 Å². The number of ether oxygens (including phenoxy) is 2. The van der Waals surface area contributed by atoms with E-state index in [0.717, 1.165) is 42.3 Å². The van der Waals surface area contributed by atoms with Gasteiger partial charge in [0.2, 0.25) is 0 Å². The molecule has 0 aliphatic carbocycles. The van der Waals surface area contributed by atoms with E-state index in [1.54, 1.807) is 0 Å². The lowest BCUT2D eigenvalue weighted by atomic mass is 10.3. The largest absolute Gasteiger partial charge is 0.494 e. The van der Waals surface area contributed by atoms with Crippen LogP contribution < -0.4 is 15.2 Å². The van der Waals surface area contributed by atoms with Crippen molar-refractivity contribution in [3.05, 3.63) is 48.5 Å². The highest BCUT2D eigenvalue weighted by Crippen LogP contribution is 2.23. The standard InChI is InChI=1S/C18H23N3O2/c1-2-3-13-22-17-8-4-15(5-9-17)20-21-16-6-10-18(11-7-16)23-14-12-19/h4-11H,2-3,12-14,19H2,1H3. The molecule has 5 nitrogen and oxygen atoms in total. The molecule has 2 aromatic carbocycles. The molecule has 0 atom stereocenters. The van der Waals surface area contributed by atoms with E-state index in [1.165, 1.54) is 0 Å². The molecule has 0 saturated heterocycles. The minimum absolute atomic E-state index is 0.500. The van der Waals surface area contributed by atoms with Crippen LogP contribution in [0, 0.1) is 0 Å². The first-order chi connectivity index (χ1) is 11.3. The van der Waals surface area contributed by atoms with Gasteiger partial charge in [-0.15, -0.1) is 0 Å². The number of unbranched alkanes of at least 4 members (excludes halogenated alkanes) is 1. The van der Waals surface area contributed by atoms with Gasteiger partial charge < -0.3 is 15.2 Å². The quantitative estimate of drug-likeness (QED) is 0.542. The second-order valence-corrected chi connectivity index (χ2v) is 5.03. The third-order valence-electron chi connectivity index (χ3n) is 3.11. The maximum atomic E-state index is 5.61. The zero-order chi connectivity index (χ0) is 16.3. The van der Waals surface area contributed by atoms with Gasteiger partial charge in [-0.3, -0.25) is 0 Å². The van der Waals surface area contributed by atoms with Crippen LogP contribution in [0.2, 0.25) is 0 Å². The molecule has 2 rings (SSSR count). The van der Waals surface area contributed by atoms with Crippen molar-refractivity contribution in [1.82, 2.24) is 0 Å². The summed E-state index contributed by atoms with van der Waals surface area (Å²) in [6.45, 7) is 3.90. The summed E-state index contributed by atoms with van der Waals surface area (Å²) >= 11 is 0. The minimum atomic E-state index is 0.500. The summed E-state index contributed by atoms with van der Waals surface area (Å²) in [7, 11) is 0. The van der Waals surface area contributed by atoms with Crippen LogP contribution in [0.5, 0.6) is 11.5 Å². The lowest BCUT2D eigenvalue weighted by molar-refractivity contribution is 0.309. The van der Waals surface area contributed by atoms with E-state index >= 15 is 0 Å². The Morgan fingerprint density at radius 1 is 0.783 bits per heavy atom. The topological polar surface area (TPSA) is 69.2 Å². The van der Waals surface area contributed by atoms with E-state index in [9.17, 15) is 0 Å². The second-order valence-electron chi connectivity index (χ2n) is 5.03. The second kappa shape index (κ2) is 9.58. The molecule has 0 aromatic heterocycles. The monoisotopic (exact) mass is 313 g/mol. The third kappa shape index (κ3) is 6.08. The van der Waals surface area contributed by atoms with Crippen LogP contribution in [0.25, 0.3) is 0 Å². The smallest absolute Gasteiger partial charge is 0.119 e. The summed E-state index contributed by atoms with van der Waals surface area (Å²) in [6.07, 6.45) is 2.19. The fraction of sp³-hybridized carbons (Fsp3) is 0.333. The van der Waals surface area contributed by atoms with Crippen LogP contribution in [0.15, 0.2) is 58.8 Å². The van der Waals surface area contributed by atoms with Gasteiger partial charge in [-0.1, -0.05) is 13.3 Å². The molecular formula is C18H23N3O2. The highest BCUT2D eigenvalue weighted by molar-refractivity contribution is 5.44. The minimum Gasteiger partial charge on any atom is -0.494 e. The van der Waals surface area contributed by atoms with Crippen molar-refractivity contribution in [2.45, 2.75) is 19.8 Å². The zero-order valence-electron chi connectivity index (χ0n) is 13.4. The highest BCUT2D eigenvalue weighted by atomic mass is 16.5. The molecule has 2 aromatic rings. The lowest BCUT2D eigenvalue weighted by Crippen LogP contribution is -2.10. The summed E-state index contributed by atoms with van der Waals surface area (Å²) < 4.78 is 11.0. The Morgan fingerprint density at radius 2 is 1.26 bits per heavy atom. The van der Waals surface area contributed by atoms with Gasteiger partial charge in [-0.2, -0.15) is 10.2 Å². The Balaban J connectivity index is 1.89. The van der Waals surface area contributed by atoms with Gasteiger partial charge >= 0.3 is 0 Å². The predicted molar refractivity (Wildman–Crippen MR) is 92.0 cm³/mol. The molecule has 0 fully saturated rings. The number of hydrogen-bond donors (Lipinski definition) is 1. The van der Waals surface area contributed by atoms with E-state index in [2.05, 4.69) is 17.2 Å². The molecule has 0 bridgehead atoms. The van der Waals surface area contributed by atoms with Crippen LogP contribution >= 0.6 is 0 Å². The van der Waals surface area contributed by atoms with E-state index < -0.39 is 0 Å². The predicted octanol–water partition coefficient (Wildman–Crippen LogP) is 4.62. The molecule has 0 unspecified atom stereocenters.